The van der Waals surface area contributed by atoms with Gasteiger partial charge in [-0.25, -0.2) is 0 Å². The summed E-state index contributed by atoms with van der Waals surface area (Å²) in [5.41, 5.74) is -0.715. The Morgan fingerprint density at radius 2 is 1.92 bits per heavy atom. The third-order valence-corrected chi connectivity index (χ3v) is 3.94. The molecular weight excluding hydrogens is 371 g/mol. The van der Waals surface area contributed by atoms with E-state index in [0.29, 0.717) is 0 Å². The number of hydrogen-bond acceptors (Lipinski definition) is 3. The zero-order chi connectivity index (χ0) is 19.5. The molecule has 0 saturated heterocycles. The van der Waals surface area contributed by atoms with Crippen LogP contribution in [0.1, 0.15) is 28.4 Å². The summed E-state index contributed by atoms with van der Waals surface area (Å²) in [6.07, 6.45) is -4.51. The van der Waals surface area contributed by atoms with E-state index in [2.05, 4.69) is 0 Å². The van der Waals surface area contributed by atoms with Gasteiger partial charge in [0, 0.05) is 19.2 Å². The second kappa shape index (κ2) is 7.86. The van der Waals surface area contributed by atoms with Crippen LogP contribution >= 0.6 is 11.6 Å². The van der Waals surface area contributed by atoms with Gasteiger partial charge in [-0.2, -0.15) is 13.2 Å². The Hall–Kier alpha value is -2.41. The van der Waals surface area contributed by atoms with Gasteiger partial charge in [-0.3, -0.25) is 4.79 Å². The number of hydrogen-bond donors (Lipinski definition) is 1. The van der Waals surface area contributed by atoms with Crippen LogP contribution in [0.3, 0.4) is 0 Å². The molecule has 2 rings (SSSR count). The number of phenols is 1. The lowest BCUT2D eigenvalue weighted by Crippen LogP contribution is -2.27. The lowest BCUT2D eigenvalue weighted by atomic mass is 10.1. The Morgan fingerprint density at radius 1 is 1.27 bits per heavy atom. The predicted molar refractivity (Wildman–Crippen MR) is 91.5 cm³/mol. The molecule has 0 aromatic heterocycles. The first kappa shape index (κ1) is 19.9. The topological polar surface area (TPSA) is 49.8 Å². The van der Waals surface area contributed by atoms with Crippen molar-refractivity contribution in [2.75, 3.05) is 13.7 Å². The zero-order valence-corrected chi connectivity index (χ0v) is 14.9. The van der Waals surface area contributed by atoms with E-state index in [4.69, 9.17) is 16.3 Å². The average molecular weight is 388 g/mol. The number of rotatable bonds is 5. The van der Waals surface area contributed by atoms with Crippen molar-refractivity contribution in [3.63, 3.8) is 0 Å². The van der Waals surface area contributed by atoms with Crippen molar-refractivity contribution in [1.82, 2.24) is 4.90 Å². The van der Waals surface area contributed by atoms with Crippen LogP contribution in [0, 0.1) is 0 Å². The Kier molecular flexibility index (Phi) is 6.02. The SMILES string of the molecule is CCOc1cc(C(=O)N(C)Cc2ccccc2C(F)(F)F)cc(Cl)c1O. The van der Waals surface area contributed by atoms with Crippen molar-refractivity contribution in [3.05, 3.63) is 58.1 Å². The van der Waals surface area contributed by atoms with Crippen LogP contribution in [-0.4, -0.2) is 29.6 Å². The molecule has 1 amide bonds. The van der Waals surface area contributed by atoms with Crippen LogP contribution in [0.15, 0.2) is 36.4 Å². The standard InChI is InChI=1S/C18H17ClF3NO3/c1-3-26-15-9-12(8-14(19)16(15)24)17(25)23(2)10-11-6-4-5-7-13(11)18(20,21)22/h4-9,24H,3,10H2,1-2H3. The molecule has 0 fully saturated rings. The van der Waals surface area contributed by atoms with Gasteiger partial charge in [-0.1, -0.05) is 29.8 Å². The molecule has 0 aliphatic carbocycles. The molecule has 0 saturated carbocycles. The van der Waals surface area contributed by atoms with Crippen molar-refractivity contribution in [2.24, 2.45) is 0 Å². The Balaban J connectivity index is 2.29. The van der Waals surface area contributed by atoms with Gasteiger partial charge in [-0.05, 0) is 30.7 Å². The highest BCUT2D eigenvalue weighted by Gasteiger charge is 2.33. The Labute approximate surface area is 153 Å². The lowest BCUT2D eigenvalue weighted by molar-refractivity contribution is -0.138. The van der Waals surface area contributed by atoms with Gasteiger partial charge in [0.2, 0.25) is 0 Å². The van der Waals surface area contributed by atoms with E-state index in [1.165, 1.54) is 37.4 Å². The molecule has 140 valence electrons. The lowest BCUT2D eigenvalue weighted by Gasteiger charge is -2.21. The summed E-state index contributed by atoms with van der Waals surface area (Å²) in [5, 5.41) is 9.75. The minimum absolute atomic E-state index is 0.0224. The highest BCUT2D eigenvalue weighted by Crippen LogP contribution is 2.36. The second-order valence-electron chi connectivity index (χ2n) is 5.55. The van der Waals surface area contributed by atoms with E-state index in [9.17, 15) is 23.1 Å². The highest BCUT2D eigenvalue weighted by molar-refractivity contribution is 6.32. The largest absolute Gasteiger partial charge is 0.503 e. The van der Waals surface area contributed by atoms with Gasteiger partial charge in [0.05, 0.1) is 17.2 Å². The van der Waals surface area contributed by atoms with Crippen LogP contribution in [0.25, 0.3) is 0 Å². The number of nitrogens with zero attached hydrogens (tertiary/aromatic N) is 1. The van der Waals surface area contributed by atoms with Crippen LogP contribution in [0.5, 0.6) is 11.5 Å². The summed E-state index contributed by atoms with van der Waals surface area (Å²) in [5.74, 6) is -0.813. The Bertz CT molecular complexity index is 809. The van der Waals surface area contributed by atoms with Gasteiger partial charge in [0.1, 0.15) is 0 Å². The van der Waals surface area contributed by atoms with Gasteiger partial charge < -0.3 is 14.7 Å². The first-order chi connectivity index (χ1) is 12.1. The molecule has 2 aromatic rings. The molecule has 0 heterocycles. The van der Waals surface area contributed by atoms with Crippen LogP contribution < -0.4 is 4.74 Å². The number of carbonyl (C=O) groups excluding carboxylic acids is 1. The van der Waals surface area contributed by atoms with E-state index in [1.54, 1.807) is 6.92 Å². The summed E-state index contributed by atoms with van der Waals surface area (Å²) in [6.45, 7) is 1.70. The third-order valence-electron chi connectivity index (χ3n) is 3.65. The Morgan fingerprint density at radius 3 is 2.54 bits per heavy atom. The molecule has 0 spiro atoms. The number of aromatic hydroxyl groups is 1. The molecule has 8 heteroatoms. The first-order valence-electron chi connectivity index (χ1n) is 7.71. The number of amides is 1. The van der Waals surface area contributed by atoms with E-state index in [-0.39, 0.29) is 40.8 Å². The summed E-state index contributed by atoms with van der Waals surface area (Å²) >= 11 is 5.90. The second-order valence-corrected chi connectivity index (χ2v) is 5.96. The van der Waals surface area contributed by atoms with Crippen LogP contribution in [-0.2, 0) is 12.7 Å². The van der Waals surface area contributed by atoms with Gasteiger partial charge in [-0.15, -0.1) is 0 Å². The smallest absolute Gasteiger partial charge is 0.416 e. The molecule has 0 bridgehead atoms. The van der Waals surface area contributed by atoms with Gasteiger partial charge in [0.15, 0.2) is 11.5 Å². The summed E-state index contributed by atoms with van der Waals surface area (Å²) < 4.78 is 44.5. The van der Waals surface area contributed by atoms with Crippen LogP contribution in [0.4, 0.5) is 13.2 Å². The molecular formula is C18H17ClF3NO3. The van der Waals surface area contributed by atoms with Crippen molar-refractivity contribution in [1.29, 1.82) is 0 Å². The first-order valence-corrected chi connectivity index (χ1v) is 8.08. The third kappa shape index (κ3) is 4.40. The monoisotopic (exact) mass is 387 g/mol. The molecule has 0 aliphatic heterocycles. The molecule has 0 radical (unpaired) electrons. The molecule has 0 unspecified atom stereocenters. The van der Waals surface area contributed by atoms with E-state index in [1.807, 2.05) is 0 Å². The molecule has 2 aromatic carbocycles. The van der Waals surface area contributed by atoms with Crippen molar-refractivity contribution >= 4 is 17.5 Å². The molecule has 1 N–H and O–H groups in total. The number of alkyl halides is 3. The number of phenolic OH excluding ortho intramolecular Hbond substituents is 1. The van der Waals surface area contributed by atoms with Crippen molar-refractivity contribution < 1.29 is 27.8 Å². The fourth-order valence-corrected chi connectivity index (χ4v) is 2.66. The number of ether oxygens (including phenoxy) is 1. The fraction of sp³-hybridized carbons (Fsp3) is 0.278. The normalized spacial score (nSPS) is 11.3. The van der Waals surface area contributed by atoms with Crippen LogP contribution in [0.2, 0.25) is 5.02 Å². The maximum atomic E-state index is 13.1. The molecule has 0 aliphatic rings. The van der Waals surface area contributed by atoms with Gasteiger partial charge >= 0.3 is 6.18 Å². The maximum Gasteiger partial charge on any atom is 0.416 e. The maximum absolute atomic E-state index is 13.1. The van der Waals surface area contributed by atoms with Crippen molar-refractivity contribution in [3.8, 4) is 11.5 Å². The van der Waals surface area contributed by atoms with E-state index < -0.39 is 17.6 Å². The predicted octanol–water partition coefficient (Wildman–Crippen LogP) is 4.74. The van der Waals surface area contributed by atoms with E-state index >= 15 is 0 Å². The van der Waals surface area contributed by atoms with Crippen molar-refractivity contribution in [2.45, 2.75) is 19.6 Å². The minimum Gasteiger partial charge on any atom is -0.503 e. The number of benzene rings is 2. The fourth-order valence-electron chi connectivity index (χ4n) is 2.45. The molecule has 0 atom stereocenters. The number of halogens is 4. The number of carbonyl (C=O) groups is 1. The highest BCUT2D eigenvalue weighted by atomic mass is 35.5. The summed E-state index contributed by atoms with van der Waals surface area (Å²) in [4.78, 5) is 13.7. The summed E-state index contributed by atoms with van der Waals surface area (Å²) in [7, 11) is 1.39. The van der Waals surface area contributed by atoms with E-state index in [0.717, 1.165) is 11.0 Å². The van der Waals surface area contributed by atoms with Gasteiger partial charge in [0.25, 0.3) is 5.91 Å². The molecule has 26 heavy (non-hydrogen) atoms. The molecule has 4 nitrogen and oxygen atoms in total. The quantitative estimate of drug-likeness (QED) is 0.806. The average Bonchev–Trinajstić information content (AvgIpc) is 2.57. The summed E-state index contributed by atoms with van der Waals surface area (Å²) in [6, 6.07) is 7.61. The zero-order valence-electron chi connectivity index (χ0n) is 14.1. The minimum atomic E-state index is -4.51.